The van der Waals surface area contributed by atoms with E-state index in [-0.39, 0.29) is 24.0 Å². The van der Waals surface area contributed by atoms with Crippen LogP contribution in [-0.4, -0.2) is 31.1 Å². The number of pyridine rings is 1. The Morgan fingerprint density at radius 1 is 1.35 bits per heavy atom. The summed E-state index contributed by atoms with van der Waals surface area (Å²) in [7, 11) is 3.41. The van der Waals surface area contributed by atoms with Gasteiger partial charge in [0.2, 0.25) is 5.88 Å². The van der Waals surface area contributed by atoms with Gasteiger partial charge in [0, 0.05) is 31.9 Å². The number of ether oxygens (including phenoxy) is 1. The summed E-state index contributed by atoms with van der Waals surface area (Å²) < 4.78 is 5.06. The molecule has 0 spiro atoms. The van der Waals surface area contributed by atoms with E-state index in [1.54, 1.807) is 14.2 Å². The monoisotopic (exact) mass is 434 g/mol. The SMILES string of the molecule is CN=C(NCc1ccc(OC)nc1)NC(C)CCC(C)(C)C.I. The van der Waals surface area contributed by atoms with E-state index in [0.717, 1.165) is 17.9 Å². The lowest BCUT2D eigenvalue weighted by Gasteiger charge is -2.23. The van der Waals surface area contributed by atoms with Gasteiger partial charge in [-0.2, -0.15) is 0 Å². The average Bonchev–Trinajstić information content (AvgIpc) is 2.49. The largest absolute Gasteiger partial charge is 0.481 e. The second-order valence-electron chi connectivity index (χ2n) is 6.78. The molecule has 0 saturated carbocycles. The number of guanidine groups is 1. The minimum Gasteiger partial charge on any atom is -0.481 e. The van der Waals surface area contributed by atoms with Crippen LogP contribution in [0.3, 0.4) is 0 Å². The molecule has 0 bridgehead atoms. The molecule has 0 aliphatic heterocycles. The predicted octanol–water partition coefficient (Wildman–Crippen LogP) is 3.59. The molecule has 1 rings (SSSR count). The molecule has 1 heterocycles. The van der Waals surface area contributed by atoms with Gasteiger partial charge in [-0.25, -0.2) is 4.98 Å². The zero-order chi connectivity index (χ0) is 16.6. The normalized spacial score (nSPS) is 13.0. The fourth-order valence-corrected chi connectivity index (χ4v) is 1.97. The molecule has 132 valence electrons. The molecule has 0 aromatic carbocycles. The summed E-state index contributed by atoms with van der Waals surface area (Å²) in [5.41, 5.74) is 1.45. The Hall–Kier alpha value is -1.05. The van der Waals surface area contributed by atoms with Gasteiger partial charge in [0.25, 0.3) is 0 Å². The van der Waals surface area contributed by atoms with Gasteiger partial charge in [-0.1, -0.05) is 26.8 Å². The van der Waals surface area contributed by atoms with Gasteiger partial charge in [-0.05, 0) is 30.7 Å². The van der Waals surface area contributed by atoms with Gasteiger partial charge < -0.3 is 15.4 Å². The summed E-state index contributed by atoms with van der Waals surface area (Å²) in [6, 6.07) is 4.24. The third kappa shape index (κ3) is 9.63. The van der Waals surface area contributed by atoms with E-state index >= 15 is 0 Å². The first-order valence-electron chi connectivity index (χ1n) is 7.80. The van der Waals surface area contributed by atoms with Gasteiger partial charge in [-0.3, -0.25) is 4.99 Å². The molecule has 2 N–H and O–H groups in total. The van der Waals surface area contributed by atoms with E-state index in [4.69, 9.17) is 4.74 Å². The first-order chi connectivity index (χ1) is 10.3. The Labute approximate surface area is 157 Å². The number of rotatable bonds is 6. The van der Waals surface area contributed by atoms with Crippen LogP contribution in [0.2, 0.25) is 0 Å². The maximum atomic E-state index is 5.06. The van der Waals surface area contributed by atoms with E-state index in [1.807, 2.05) is 18.3 Å². The Kier molecular flexibility index (Phi) is 10.2. The fraction of sp³-hybridized carbons (Fsp3) is 0.647. The molecular formula is C17H31IN4O. The topological polar surface area (TPSA) is 58.5 Å². The molecule has 6 heteroatoms. The Morgan fingerprint density at radius 2 is 2.04 bits per heavy atom. The maximum absolute atomic E-state index is 5.06. The predicted molar refractivity (Wildman–Crippen MR) is 108 cm³/mol. The maximum Gasteiger partial charge on any atom is 0.212 e. The lowest BCUT2D eigenvalue weighted by atomic mass is 9.89. The molecule has 0 radical (unpaired) electrons. The summed E-state index contributed by atoms with van der Waals surface area (Å²) in [6.07, 6.45) is 4.11. The van der Waals surface area contributed by atoms with Crippen LogP contribution >= 0.6 is 24.0 Å². The molecule has 1 unspecified atom stereocenters. The molecule has 0 aliphatic carbocycles. The Balaban J connectivity index is 0.00000484. The van der Waals surface area contributed by atoms with Gasteiger partial charge in [0.15, 0.2) is 5.96 Å². The number of nitrogens with one attached hydrogen (secondary N) is 2. The number of nitrogens with zero attached hydrogens (tertiary/aromatic N) is 2. The second-order valence-corrected chi connectivity index (χ2v) is 6.78. The highest BCUT2D eigenvalue weighted by molar-refractivity contribution is 14.0. The first-order valence-corrected chi connectivity index (χ1v) is 7.80. The van der Waals surface area contributed by atoms with Crippen LogP contribution in [-0.2, 0) is 6.54 Å². The van der Waals surface area contributed by atoms with Crippen LogP contribution in [0.1, 0.15) is 46.1 Å². The molecule has 1 aromatic heterocycles. The molecular weight excluding hydrogens is 403 g/mol. The lowest BCUT2D eigenvalue weighted by molar-refractivity contribution is 0.346. The molecule has 1 aromatic rings. The van der Waals surface area contributed by atoms with E-state index in [2.05, 4.69) is 48.3 Å². The molecule has 0 saturated heterocycles. The standard InChI is InChI=1S/C17H30N4O.HI/c1-13(9-10-17(2,3)4)21-16(18-5)20-12-14-7-8-15(22-6)19-11-14;/h7-8,11,13H,9-10,12H2,1-6H3,(H2,18,20,21);1H. The van der Waals surface area contributed by atoms with E-state index < -0.39 is 0 Å². The first kappa shape index (κ1) is 21.9. The van der Waals surface area contributed by atoms with Crippen molar-refractivity contribution in [3.8, 4) is 5.88 Å². The van der Waals surface area contributed by atoms with Crippen LogP contribution in [0, 0.1) is 5.41 Å². The lowest BCUT2D eigenvalue weighted by Crippen LogP contribution is -2.42. The van der Waals surface area contributed by atoms with Crippen LogP contribution in [0.25, 0.3) is 0 Å². The minimum atomic E-state index is 0. The van der Waals surface area contributed by atoms with Crippen molar-refractivity contribution in [2.75, 3.05) is 14.2 Å². The van der Waals surface area contributed by atoms with Gasteiger partial charge in [-0.15, -0.1) is 24.0 Å². The van der Waals surface area contributed by atoms with Crippen molar-refractivity contribution in [2.45, 2.75) is 53.1 Å². The Morgan fingerprint density at radius 3 is 2.52 bits per heavy atom. The summed E-state index contributed by atoms with van der Waals surface area (Å²) in [6.45, 7) is 9.67. The molecule has 0 aliphatic rings. The van der Waals surface area contributed by atoms with Gasteiger partial charge >= 0.3 is 0 Å². The fourth-order valence-electron chi connectivity index (χ4n) is 1.97. The molecule has 0 fully saturated rings. The highest BCUT2D eigenvalue weighted by Crippen LogP contribution is 2.21. The van der Waals surface area contributed by atoms with Crippen molar-refractivity contribution in [1.29, 1.82) is 0 Å². The number of hydrogen-bond acceptors (Lipinski definition) is 3. The quantitative estimate of drug-likeness (QED) is 0.408. The van der Waals surface area contributed by atoms with Crippen LogP contribution < -0.4 is 15.4 Å². The third-order valence-corrected chi connectivity index (χ3v) is 3.40. The molecule has 5 nitrogen and oxygen atoms in total. The number of methoxy groups -OCH3 is 1. The van der Waals surface area contributed by atoms with Gasteiger partial charge in [0.1, 0.15) is 0 Å². The van der Waals surface area contributed by atoms with Crippen molar-refractivity contribution in [2.24, 2.45) is 10.4 Å². The minimum absolute atomic E-state index is 0. The summed E-state index contributed by atoms with van der Waals surface area (Å²) in [5.74, 6) is 1.44. The zero-order valence-electron chi connectivity index (χ0n) is 15.1. The number of aliphatic imine (C=N–C) groups is 1. The summed E-state index contributed by atoms with van der Waals surface area (Å²) >= 11 is 0. The van der Waals surface area contributed by atoms with E-state index in [0.29, 0.717) is 23.9 Å². The van der Waals surface area contributed by atoms with Crippen LogP contribution in [0.5, 0.6) is 5.88 Å². The van der Waals surface area contributed by atoms with Crippen molar-refractivity contribution in [3.05, 3.63) is 23.9 Å². The highest BCUT2D eigenvalue weighted by Gasteiger charge is 2.13. The van der Waals surface area contributed by atoms with Gasteiger partial charge in [0.05, 0.1) is 7.11 Å². The van der Waals surface area contributed by atoms with Crippen LogP contribution in [0.4, 0.5) is 0 Å². The van der Waals surface area contributed by atoms with E-state index in [1.165, 1.54) is 6.42 Å². The van der Waals surface area contributed by atoms with Crippen molar-refractivity contribution in [1.82, 2.24) is 15.6 Å². The summed E-state index contributed by atoms with van der Waals surface area (Å²) in [5, 5.41) is 6.74. The highest BCUT2D eigenvalue weighted by atomic mass is 127. The van der Waals surface area contributed by atoms with Crippen molar-refractivity contribution >= 4 is 29.9 Å². The molecule has 23 heavy (non-hydrogen) atoms. The third-order valence-electron chi connectivity index (χ3n) is 3.40. The number of halogens is 1. The number of hydrogen-bond donors (Lipinski definition) is 2. The van der Waals surface area contributed by atoms with E-state index in [9.17, 15) is 0 Å². The number of aromatic nitrogens is 1. The summed E-state index contributed by atoms with van der Waals surface area (Å²) in [4.78, 5) is 8.47. The smallest absolute Gasteiger partial charge is 0.212 e. The van der Waals surface area contributed by atoms with Crippen molar-refractivity contribution in [3.63, 3.8) is 0 Å². The zero-order valence-corrected chi connectivity index (χ0v) is 17.5. The second kappa shape index (κ2) is 10.7. The Bertz CT molecular complexity index is 468. The molecule has 1 atom stereocenters. The average molecular weight is 434 g/mol. The molecule has 0 amide bonds. The van der Waals surface area contributed by atoms with Crippen molar-refractivity contribution < 1.29 is 4.74 Å². The van der Waals surface area contributed by atoms with Crippen LogP contribution in [0.15, 0.2) is 23.3 Å².